The summed E-state index contributed by atoms with van der Waals surface area (Å²) in [7, 11) is 9.05. The van der Waals surface area contributed by atoms with Gasteiger partial charge in [-0.25, -0.2) is 0 Å². The van der Waals surface area contributed by atoms with Gasteiger partial charge in [0.1, 0.15) is 6.17 Å². The first kappa shape index (κ1) is 36.2. The van der Waals surface area contributed by atoms with Crippen molar-refractivity contribution in [3.63, 3.8) is 0 Å². The van der Waals surface area contributed by atoms with Crippen LogP contribution < -0.4 is 0 Å². The lowest BCUT2D eigenvalue weighted by molar-refractivity contribution is 0.119. The average Bonchev–Trinajstić information content (AvgIpc) is 3.53. The third-order valence-electron chi connectivity index (χ3n) is 12.7. The van der Waals surface area contributed by atoms with Crippen molar-refractivity contribution in [1.29, 1.82) is 0 Å². The van der Waals surface area contributed by atoms with Gasteiger partial charge < -0.3 is 39.2 Å². The van der Waals surface area contributed by atoms with Crippen LogP contribution >= 0.6 is 0 Å². The van der Waals surface area contributed by atoms with Gasteiger partial charge in [0.2, 0.25) is 0 Å². The Hall–Kier alpha value is -2.64. The second-order valence-electron chi connectivity index (χ2n) is 14.8. The van der Waals surface area contributed by atoms with Crippen molar-refractivity contribution in [3.05, 3.63) is 45.6 Å². The topological polar surface area (TPSA) is 25.9 Å². The summed E-state index contributed by atoms with van der Waals surface area (Å²) >= 11 is 0. The minimum atomic E-state index is 0.288. The Morgan fingerprint density at radius 2 is 0.652 bits per heavy atom. The minimum absolute atomic E-state index is 0.288. The zero-order valence-corrected chi connectivity index (χ0v) is 32.4. The maximum Gasteiger partial charge on any atom is 0.144 e. The van der Waals surface area contributed by atoms with E-state index in [0.29, 0.717) is 18.5 Å². The van der Waals surface area contributed by atoms with Crippen molar-refractivity contribution in [1.82, 2.24) is 39.2 Å². The van der Waals surface area contributed by atoms with Crippen LogP contribution in [-0.2, 0) is 0 Å². The molecule has 4 unspecified atom stereocenters. The van der Waals surface area contributed by atoms with Crippen molar-refractivity contribution in [3.8, 4) is 0 Å². The first-order valence-corrected chi connectivity index (χ1v) is 18.4. The Bertz CT molecular complexity index is 1200. The average molecular weight is 639 g/mol. The molecular weight excluding hydrogens is 568 g/mol. The lowest BCUT2D eigenvalue weighted by Gasteiger charge is -2.39. The molecule has 46 heavy (non-hydrogen) atoms. The Labute approximate surface area is 284 Å². The third-order valence-corrected chi connectivity index (χ3v) is 12.7. The summed E-state index contributed by atoms with van der Waals surface area (Å²) in [4.78, 5) is 20.5. The van der Waals surface area contributed by atoms with Gasteiger partial charge in [-0.2, -0.15) is 0 Å². The van der Waals surface area contributed by atoms with Crippen LogP contribution in [0.25, 0.3) is 0 Å². The lowest BCUT2D eigenvalue weighted by atomic mass is 10.1. The smallest absolute Gasteiger partial charge is 0.144 e. The molecule has 4 rings (SSSR count). The number of rotatable bonds is 15. The number of likely N-dealkylation sites (N-methyl/N-ethyl adjacent to an activating group) is 1. The van der Waals surface area contributed by atoms with Crippen molar-refractivity contribution in [2.75, 3.05) is 54.4 Å². The highest BCUT2D eigenvalue weighted by molar-refractivity contribution is 5.30. The maximum absolute atomic E-state index is 2.73. The largest absolute Gasteiger partial charge is 0.357 e. The van der Waals surface area contributed by atoms with E-state index in [-0.39, 0.29) is 6.17 Å². The standard InChI is InChI=1S/C38H70N8/c1-27-30(4)43(34(8)39(27)11)23-19-15-17-21-25-45-32(6)29(3)42(14)38(45)37-33(7)41(13)36(10)46(37)26-22-18-16-20-24-44-31(5)28(2)40(12)35(44)9/h34-36,38H,15-26H2,1-14H3. The molecule has 0 N–H and O–H groups in total. The molecule has 8 heteroatoms. The zero-order chi connectivity index (χ0) is 34.0. The second kappa shape index (κ2) is 15.1. The minimum Gasteiger partial charge on any atom is -0.357 e. The molecular formula is C38H70N8. The van der Waals surface area contributed by atoms with Crippen LogP contribution in [0.5, 0.6) is 0 Å². The molecule has 262 valence electrons. The van der Waals surface area contributed by atoms with Gasteiger partial charge in [-0.1, -0.05) is 25.7 Å². The third kappa shape index (κ3) is 6.82. The van der Waals surface area contributed by atoms with E-state index in [0.717, 1.165) is 19.6 Å². The summed E-state index contributed by atoms with van der Waals surface area (Å²) < 4.78 is 0. The quantitative estimate of drug-likeness (QED) is 0.171. The van der Waals surface area contributed by atoms with Crippen molar-refractivity contribution < 1.29 is 0 Å². The maximum atomic E-state index is 2.73. The van der Waals surface area contributed by atoms with Crippen molar-refractivity contribution >= 4 is 0 Å². The van der Waals surface area contributed by atoms with Crippen LogP contribution in [0.3, 0.4) is 0 Å². The Morgan fingerprint density at radius 3 is 1.04 bits per heavy atom. The van der Waals surface area contributed by atoms with Crippen LogP contribution in [0.4, 0.5) is 0 Å². The molecule has 4 atom stereocenters. The summed E-state index contributed by atoms with van der Waals surface area (Å²) in [6, 6.07) is 0. The fourth-order valence-corrected chi connectivity index (χ4v) is 8.39. The number of hydrogen-bond acceptors (Lipinski definition) is 8. The molecule has 0 spiro atoms. The first-order valence-electron chi connectivity index (χ1n) is 18.4. The molecule has 0 aliphatic carbocycles. The molecule has 4 heterocycles. The first-order chi connectivity index (χ1) is 21.7. The number of nitrogens with zero attached hydrogens (tertiary/aromatic N) is 8. The Kier molecular flexibility index (Phi) is 11.9. The van der Waals surface area contributed by atoms with Crippen molar-refractivity contribution in [2.45, 2.75) is 145 Å². The summed E-state index contributed by atoms with van der Waals surface area (Å²) in [6.45, 7) is 27.7. The van der Waals surface area contributed by atoms with E-state index >= 15 is 0 Å². The normalized spacial score (nSPS) is 26.0. The molecule has 0 aromatic heterocycles. The highest BCUT2D eigenvalue weighted by Crippen LogP contribution is 2.39. The molecule has 0 aromatic carbocycles. The van der Waals surface area contributed by atoms with E-state index < -0.39 is 0 Å². The van der Waals surface area contributed by atoms with E-state index in [2.05, 4.69) is 137 Å². The predicted molar refractivity (Wildman–Crippen MR) is 195 cm³/mol. The van der Waals surface area contributed by atoms with E-state index in [9.17, 15) is 0 Å². The van der Waals surface area contributed by atoms with Gasteiger partial charge in [-0.05, 0) is 94.9 Å². The highest BCUT2D eigenvalue weighted by atomic mass is 15.5. The molecule has 0 radical (unpaired) electrons. The van der Waals surface area contributed by atoms with Crippen LogP contribution in [0.1, 0.15) is 121 Å². The molecule has 0 bridgehead atoms. The van der Waals surface area contributed by atoms with Gasteiger partial charge >= 0.3 is 0 Å². The fourth-order valence-electron chi connectivity index (χ4n) is 8.39. The monoisotopic (exact) mass is 639 g/mol. The van der Waals surface area contributed by atoms with Crippen LogP contribution in [0.15, 0.2) is 45.6 Å². The number of hydrogen-bond donors (Lipinski definition) is 0. The van der Waals surface area contributed by atoms with E-state index in [1.54, 1.807) is 0 Å². The molecule has 0 saturated carbocycles. The van der Waals surface area contributed by atoms with E-state index in [4.69, 9.17) is 0 Å². The Morgan fingerprint density at radius 1 is 0.348 bits per heavy atom. The summed E-state index contributed by atoms with van der Waals surface area (Å²) in [5.74, 6) is 0. The molecule has 0 amide bonds. The van der Waals surface area contributed by atoms with E-state index in [1.807, 2.05) is 0 Å². The fraction of sp³-hybridized carbons (Fsp3) is 0.789. The second-order valence-corrected chi connectivity index (χ2v) is 14.8. The number of allylic oxidation sites excluding steroid dienone is 7. The summed E-state index contributed by atoms with van der Waals surface area (Å²) in [6.07, 6.45) is 11.9. The lowest BCUT2D eigenvalue weighted by Crippen LogP contribution is -2.46. The molecule has 0 saturated heterocycles. The van der Waals surface area contributed by atoms with Gasteiger partial charge in [0.25, 0.3) is 0 Å². The number of unbranched alkanes of at least 4 members (excludes halogenated alkanes) is 6. The SMILES string of the molecule is CC1=C(C)N(CCCCCCN2C(C3N(C)C(C)=C(C)N3CCCCCCN3C(C)=C(C)N(C)C3C)=C(C)N(C)C2C)C(C)N1C. The van der Waals surface area contributed by atoms with Crippen LogP contribution in [0, 0.1) is 0 Å². The van der Waals surface area contributed by atoms with Gasteiger partial charge in [-0.3, -0.25) is 0 Å². The predicted octanol–water partition coefficient (Wildman–Crippen LogP) is 7.45. The van der Waals surface area contributed by atoms with Gasteiger partial charge in [-0.15, -0.1) is 0 Å². The summed E-state index contributed by atoms with van der Waals surface area (Å²) in [5, 5.41) is 0. The molecule has 4 aliphatic rings. The molecule has 0 fully saturated rings. The van der Waals surface area contributed by atoms with Crippen molar-refractivity contribution in [2.24, 2.45) is 0 Å². The Balaban J connectivity index is 1.29. The van der Waals surface area contributed by atoms with E-state index in [1.165, 1.54) is 103 Å². The molecule has 4 aliphatic heterocycles. The van der Waals surface area contributed by atoms with Gasteiger partial charge in [0.05, 0.1) is 24.2 Å². The highest BCUT2D eigenvalue weighted by Gasteiger charge is 2.42. The molecule has 8 nitrogen and oxygen atoms in total. The van der Waals surface area contributed by atoms with Crippen LogP contribution in [-0.4, -0.2) is 118 Å². The van der Waals surface area contributed by atoms with Gasteiger partial charge in [0, 0.05) is 94.2 Å². The molecule has 0 aromatic rings. The van der Waals surface area contributed by atoms with Gasteiger partial charge in [0.15, 0.2) is 0 Å². The summed E-state index contributed by atoms with van der Waals surface area (Å²) in [5.41, 5.74) is 11.6. The van der Waals surface area contributed by atoms with Crippen LogP contribution in [0.2, 0.25) is 0 Å². The zero-order valence-electron chi connectivity index (χ0n) is 32.4.